The average Bonchev–Trinajstić information content (AvgIpc) is 3.02. The van der Waals surface area contributed by atoms with E-state index in [-0.39, 0.29) is 5.97 Å². The highest BCUT2D eigenvalue weighted by atomic mass is 32.1. The maximum Gasteiger partial charge on any atom is 0.348 e. The van der Waals surface area contributed by atoms with Gasteiger partial charge in [0.15, 0.2) is 0 Å². The summed E-state index contributed by atoms with van der Waals surface area (Å²) in [7, 11) is 0. The topological polar surface area (TPSA) is 55.8 Å². The van der Waals surface area contributed by atoms with Crippen molar-refractivity contribution in [3.05, 3.63) is 51.7 Å². The van der Waals surface area contributed by atoms with E-state index in [1.54, 1.807) is 6.92 Å². The van der Waals surface area contributed by atoms with Crippen LogP contribution < -0.4 is 4.74 Å². The molecular weight excluding hydrogens is 312 g/mol. The molecule has 2 aromatic rings. The molecule has 124 valence electrons. The highest BCUT2D eigenvalue weighted by Gasteiger charge is 2.14. The normalized spacial score (nSPS) is 12.0. The summed E-state index contributed by atoms with van der Waals surface area (Å²) in [6.45, 7) is 4.51. The number of esters is 1. The van der Waals surface area contributed by atoms with Gasteiger partial charge in [0.2, 0.25) is 0 Å². The second-order valence-electron chi connectivity index (χ2n) is 5.16. The first kappa shape index (κ1) is 17.5. The summed E-state index contributed by atoms with van der Waals surface area (Å²) in [5.41, 5.74) is 1.71. The fourth-order valence-electron chi connectivity index (χ4n) is 2.21. The minimum atomic E-state index is -0.429. The first-order valence-electron chi connectivity index (χ1n) is 7.80. The van der Waals surface area contributed by atoms with Crippen LogP contribution in [0, 0.1) is 0 Å². The van der Waals surface area contributed by atoms with Gasteiger partial charge >= 0.3 is 5.97 Å². The van der Waals surface area contributed by atoms with Crippen molar-refractivity contribution in [1.29, 1.82) is 0 Å². The summed E-state index contributed by atoms with van der Waals surface area (Å²) in [6.07, 6.45) is 1.26. The number of carbonyl (C=O) groups is 1. The number of benzene rings is 1. The molecule has 0 bridgehead atoms. The Bertz CT molecular complexity index is 618. The third-order valence-electron chi connectivity index (χ3n) is 3.43. The van der Waals surface area contributed by atoms with Crippen LogP contribution in [0.25, 0.3) is 0 Å². The Morgan fingerprint density at radius 1 is 1.22 bits per heavy atom. The number of hydrogen-bond acceptors (Lipinski definition) is 5. The third-order valence-corrected chi connectivity index (χ3v) is 4.37. The van der Waals surface area contributed by atoms with Crippen molar-refractivity contribution in [2.45, 2.75) is 39.4 Å². The molecule has 0 amide bonds. The first-order valence-corrected chi connectivity index (χ1v) is 8.68. The van der Waals surface area contributed by atoms with Gasteiger partial charge in [-0.3, -0.25) is 0 Å². The SMILES string of the molecule is CCCC(O)c1ccc(OCc2ccsc2C(=O)OCC)cc1. The Morgan fingerprint density at radius 2 is 1.96 bits per heavy atom. The van der Waals surface area contributed by atoms with Crippen molar-refractivity contribution in [1.82, 2.24) is 0 Å². The smallest absolute Gasteiger partial charge is 0.348 e. The van der Waals surface area contributed by atoms with Crippen LogP contribution in [-0.2, 0) is 11.3 Å². The van der Waals surface area contributed by atoms with E-state index in [2.05, 4.69) is 0 Å². The maximum absolute atomic E-state index is 11.8. The molecule has 0 aliphatic heterocycles. The molecule has 0 saturated heterocycles. The zero-order chi connectivity index (χ0) is 16.7. The first-order chi connectivity index (χ1) is 11.2. The molecular formula is C18H22O4S. The minimum Gasteiger partial charge on any atom is -0.489 e. The second-order valence-corrected chi connectivity index (χ2v) is 6.07. The Balaban J connectivity index is 1.96. The molecule has 1 aromatic carbocycles. The molecule has 23 heavy (non-hydrogen) atoms. The molecule has 4 nitrogen and oxygen atoms in total. The van der Waals surface area contributed by atoms with Crippen LogP contribution in [0.4, 0.5) is 0 Å². The molecule has 0 aliphatic carbocycles. The van der Waals surface area contributed by atoms with Gasteiger partial charge < -0.3 is 14.6 Å². The lowest BCUT2D eigenvalue weighted by atomic mass is 10.1. The Morgan fingerprint density at radius 3 is 2.61 bits per heavy atom. The molecule has 1 heterocycles. The van der Waals surface area contributed by atoms with Gasteiger partial charge in [-0.05, 0) is 42.5 Å². The van der Waals surface area contributed by atoms with E-state index in [9.17, 15) is 9.90 Å². The van der Waals surface area contributed by atoms with Gasteiger partial charge in [-0.1, -0.05) is 25.5 Å². The fourth-order valence-corrected chi connectivity index (χ4v) is 3.01. The van der Waals surface area contributed by atoms with Crippen LogP contribution in [0.2, 0.25) is 0 Å². The predicted molar refractivity (Wildman–Crippen MR) is 90.9 cm³/mol. The fraction of sp³-hybridized carbons (Fsp3) is 0.389. The van der Waals surface area contributed by atoms with Crippen molar-refractivity contribution >= 4 is 17.3 Å². The number of carbonyl (C=O) groups excluding carboxylic acids is 1. The highest BCUT2D eigenvalue weighted by Crippen LogP contribution is 2.23. The number of aliphatic hydroxyl groups excluding tert-OH is 1. The highest BCUT2D eigenvalue weighted by molar-refractivity contribution is 7.12. The standard InChI is InChI=1S/C18H22O4S/c1-3-5-16(19)13-6-8-15(9-7-13)22-12-14-10-11-23-17(14)18(20)21-4-2/h6-11,16,19H,3-5,12H2,1-2H3. The molecule has 0 fully saturated rings. The molecule has 5 heteroatoms. The van der Waals surface area contributed by atoms with Crippen molar-refractivity contribution in [3.63, 3.8) is 0 Å². The summed E-state index contributed by atoms with van der Waals surface area (Å²) < 4.78 is 10.8. The van der Waals surface area contributed by atoms with Gasteiger partial charge in [-0.25, -0.2) is 4.79 Å². The number of thiophene rings is 1. The molecule has 2 rings (SSSR count). The zero-order valence-electron chi connectivity index (χ0n) is 13.5. The zero-order valence-corrected chi connectivity index (χ0v) is 14.3. The van der Waals surface area contributed by atoms with E-state index >= 15 is 0 Å². The van der Waals surface area contributed by atoms with E-state index in [4.69, 9.17) is 9.47 Å². The van der Waals surface area contributed by atoms with Gasteiger partial charge in [0.05, 0.1) is 12.7 Å². The quantitative estimate of drug-likeness (QED) is 0.730. The van der Waals surface area contributed by atoms with Crippen molar-refractivity contribution in [2.24, 2.45) is 0 Å². The second kappa shape index (κ2) is 8.70. The summed E-state index contributed by atoms with van der Waals surface area (Å²) in [6, 6.07) is 9.29. The lowest BCUT2D eigenvalue weighted by molar-refractivity contribution is 0.0529. The molecule has 0 saturated carbocycles. The van der Waals surface area contributed by atoms with E-state index in [1.807, 2.05) is 42.6 Å². The lowest BCUT2D eigenvalue weighted by Gasteiger charge is -2.11. The Labute approximate surface area is 140 Å². The van der Waals surface area contributed by atoms with E-state index in [0.29, 0.717) is 23.8 Å². The summed E-state index contributed by atoms with van der Waals surface area (Å²) in [4.78, 5) is 12.4. The molecule has 1 unspecified atom stereocenters. The van der Waals surface area contributed by atoms with Crippen LogP contribution in [0.15, 0.2) is 35.7 Å². The van der Waals surface area contributed by atoms with Gasteiger partial charge in [0, 0.05) is 5.56 Å². The molecule has 0 aliphatic rings. The van der Waals surface area contributed by atoms with E-state index in [1.165, 1.54) is 11.3 Å². The Kier molecular flexibility index (Phi) is 6.62. The Hall–Kier alpha value is -1.85. The van der Waals surface area contributed by atoms with Gasteiger partial charge in [-0.15, -0.1) is 11.3 Å². The number of ether oxygens (including phenoxy) is 2. The minimum absolute atomic E-state index is 0.306. The molecule has 0 radical (unpaired) electrons. The summed E-state index contributed by atoms with van der Waals surface area (Å²) in [5, 5.41) is 11.8. The van der Waals surface area contributed by atoms with Crippen LogP contribution in [0.1, 0.15) is 53.6 Å². The predicted octanol–water partition coefficient (Wildman–Crippen LogP) is 4.34. The summed E-state index contributed by atoms with van der Waals surface area (Å²) in [5.74, 6) is 0.401. The van der Waals surface area contributed by atoms with Crippen molar-refractivity contribution in [3.8, 4) is 5.75 Å². The molecule has 1 N–H and O–H groups in total. The van der Waals surface area contributed by atoms with Gasteiger partial charge in [0.25, 0.3) is 0 Å². The van der Waals surface area contributed by atoms with Crippen LogP contribution in [0.5, 0.6) is 5.75 Å². The number of rotatable bonds is 8. The van der Waals surface area contributed by atoms with Crippen LogP contribution >= 0.6 is 11.3 Å². The van der Waals surface area contributed by atoms with Gasteiger partial charge in [0.1, 0.15) is 17.2 Å². The third kappa shape index (κ3) is 4.81. The monoisotopic (exact) mass is 334 g/mol. The maximum atomic E-state index is 11.8. The van der Waals surface area contributed by atoms with Gasteiger partial charge in [-0.2, -0.15) is 0 Å². The molecule has 1 aromatic heterocycles. The van der Waals surface area contributed by atoms with E-state index < -0.39 is 6.10 Å². The molecule has 0 spiro atoms. The van der Waals surface area contributed by atoms with E-state index in [0.717, 1.165) is 24.0 Å². The average molecular weight is 334 g/mol. The van der Waals surface area contributed by atoms with Crippen LogP contribution in [-0.4, -0.2) is 17.7 Å². The van der Waals surface area contributed by atoms with Crippen LogP contribution in [0.3, 0.4) is 0 Å². The lowest BCUT2D eigenvalue weighted by Crippen LogP contribution is -2.06. The number of hydrogen-bond donors (Lipinski definition) is 1. The van der Waals surface area contributed by atoms with Crippen molar-refractivity contribution < 1.29 is 19.4 Å². The van der Waals surface area contributed by atoms with Crippen molar-refractivity contribution in [2.75, 3.05) is 6.61 Å². The number of aliphatic hydroxyl groups is 1. The molecule has 1 atom stereocenters. The largest absolute Gasteiger partial charge is 0.489 e. The summed E-state index contributed by atoms with van der Waals surface area (Å²) >= 11 is 1.36.